The fourth-order valence-electron chi connectivity index (χ4n) is 1.03. The molecule has 14 heavy (non-hydrogen) atoms. The molecule has 0 amide bonds. The van der Waals surface area contributed by atoms with Gasteiger partial charge in [0.1, 0.15) is 11.6 Å². The molecule has 0 saturated carbocycles. The molecule has 1 aromatic rings. The lowest BCUT2D eigenvalue weighted by Gasteiger charge is -2.06. The van der Waals surface area contributed by atoms with E-state index in [-0.39, 0.29) is 22.9 Å². The Bertz CT molecular complexity index is 368. The van der Waals surface area contributed by atoms with Gasteiger partial charge < -0.3 is 10.5 Å². The summed E-state index contributed by atoms with van der Waals surface area (Å²) in [6.45, 7) is 0. The van der Waals surface area contributed by atoms with Gasteiger partial charge in [-0.1, -0.05) is 0 Å². The van der Waals surface area contributed by atoms with Gasteiger partial charge in [0, 0.05) is 6.07 Å². The van der Waals surface area contributed by atoms with E-state index in [2.05, 4.69) is 0 Å². The predicted molar refractivity (Wildman–Crippen MR) is 52.4 cm³/mol. The van der Waals surface area contributed by atoms with Crippen LogP contribution in [0.3, 0.4) is 0 Å². The van der Waals surface area contributed by atoms with Crippen molar-refractivity contribution in [1.82, 2.24) is 0 Å². The van der Waals surface area contributed by atoms with Gasteiger partial charge in [-0.15, -0.1) is 11.6 Å². The molecule has 0 heterocycles. The Kier molecular flexibility index (Phi) is 3.30. The van der Waals surface area contributed by atoms with Crippen LogP contribution in [0.1, 0.15) is 10.4 Å². The fraction of sp³-hybridized carbons (Fsp3) is 0.222. The number of hydrogen-bond donors (Lipinski definition) is 1. The third kappa shape index (κ3) is 1.96. The first-order valence-corrected chi connectivity index (χ1v) is 4.35. The second-order valence-corrected chi connectivity index (χ2v) is 2.90. The van der Waals surface area contributed by atoms with Crippen LogP contribution in [-0.4, -0.2) is 18.8 Å². The molecule has 0 fully saturated rings. The number of carbonyl (C=O) groups excluding carboxylic acids is 1. The molecule has 5 heteroatoms. The average Bonchev–Trinajstić information content (AvgIpc) is 2.19. The Morgan fingerprint density at radius 3 is 2.79 bits per heavy atom. The summed E-state index contributed by atoms with van der Waals surface area (Å²) in [5.74, 6) is -1.25. The van der Waals surface area contributed by atoms with Crippen LogP contribution in [0.2, 0.25) is 0 Å². The zero-order valence-corrected chi connectivity index (χ0v) is 8.27. The Morgan fingerprint density at radius 1 is 1.64 bits per heavy atom. The van der Waals surface area contributed by atoms with Crippen molar-refractivity contribution >= 4 is 23.1 Å². The van der Waals surface area contributed by atoms with E-state index in [1.807, 2.05) is 0 Å². The van der Waals surface area contributed by atoms with Gasteiger partial charge in [0.15, 0.2) is 5.78 Å². The lowest BCUT2D eigenvalue weighted by atomic mass is 10.1. The largest absolute Gasteiger partial charge is 0.494 e. The predicted octanol–water partition coefficient (Wildman–Crippen LogP) is 1.84. The second kappa shape index (κ2) is 4.28. The number of rotatable bonds is 3. The van der Waals surface area contributed by atoms with Gasteiger partial charge in [0.2, 0.25) is 0 Å². The number of methoxy groups -OCH3 is 1. The smallest absolute Gasteiger partial charge is 0.180 e. The highest BCUT2D eigenvalue weighted by atomic mass is 35.5. The van der Waals surface area contributed by atoms with E-state index in [1.54, 1.807) is 0 Å². The van der Waals surface area contributed by atoms with Crippen molar-refractivity contribution in [2.45, 2.75) is 0 Å². The number of ketones is 1. The molecule has 2 N–H and O–H groups in total. The van der Waals surface area contributed by atoms with Gasteiger partial charge in [-0.2, -0.15) is 0 Å². The Morgan fingerprint density at radius 2 is 2.29 bits per heavy atom. The fourth-order valence-corrected chi connectivity index (χ4v) is 1.18. The summed E-state index contributed by atoms with van der Waals surface area (Å²) in [7, 11) is 1.37. The molecule has 1 aromatic carbocycles. The SMILES string of the molecule is COc1cc(F)c(C(=O)CCl)cc1N. The van der Waals surface area contributed by atoms with E-state index in [0.29, 0.717) is 0 Å². The van der Waals surface area contributed by atoms with Gasteiger partial charge in [-0.25, -0.2) is 4.39 Å². The molecule has 0 aromatic heterocycles. The highest BCUT2D eigenvalue weighted by Gasteiger charge is 2.13. The van der Waals surface area contributed by atoms with Crippen LogP contribution in [0.4, 0.5) is 10.1 Å². The highest BCUT2D eigenvalue weighted by Crippen LogP contribution is 2.25. The van der Waals surface area contributed by atoms with E-state index < -0.39 is 11.6 Å². The molecule has 0 radical (unpaired) electrons. The van der Waals surface area contributed by atoms with Gasteiger partial charge in [-0.3, -0.25) is 4.79 Å². The molecule has 0 saturated heterocycles. The Hall–Kier alpha value is -1.29. The zero-order chi connectivity index (χ0) is 10.7. The summed E-state index contributed by atoms with van der Waals surface area (Å²) in [5.41, 5.74) is 5.60. The first-order valence-electron chi connectivity index (χ1n) is 3.82. The zero-order valence-electron chi connectivity index (χ0n) is 7.51. The third-order valence-corrected chi connectivity index (χ3v) is 1.98. The van der Waals surface area contributed by atoms with E-state index in [0.717, 1.165) is 6.07 Å². The normalized spacial score (nSPS) is 9.93. The van der Waals surface area contributed by atoms with E-state index in [9.17, 15) is 9.18 Å². The van der Waals surface area contributed by atoms with Gasteiger partial charge in [0.25, 0.3) is 0 Å². The maximum atomic E-state index is 13.2. The summed E-state index contributed by atoms with van der Waals surface area (Å²) in [5, 5.41) is 0. The molecule has 1 rings (SSSR count). The van der Waals surface area contributed by atoms with Crippen LogP contribution < -0.4 is 10.5 Å². The molecule has 0 aliphatic heterocycles. The number of alkyl halides is 1. The number of carbonyl (C=O) groups is 1. The van der Waals surface area contributed by atoms with E-state index in [1.165, 1.54) is 13.2 Å². The van der Waals surface area contributed by atoms with Crippen LogP contribution in [0.15, 0.2) is 12.1 Å². The molecule has 3 nitrogen and oxygen atoms in total. The summed E-state index contributed by atoms with van der Waals surface area (Å²) < 4.78 is 18.0. The number of Topliss-reactive ketones (excluding diaryl/α,β-unsaturated/α-hetero) is 1. The molecule has 76 valence electrons. The number of ether oxygens (including phenoxy) is 1. The standard InChI is InChI=1S/C9H9ClFNO2/c1-14-9-3-6(11)5(2-7(9)12)8(13)4-10/h2-3H,4,12H2,1H3. The minimum atomic E-state index is -0.679. The van der Waals surface area contributed by atoms with Crippen molar-refractivity contribution in [3.8, 4) is 5.75 Å². The van der Waals surface area contributed by atoms with Gasteiger partial charge in [-0.05, 0) is 6.07 Å². The van der Waals surface area contributed by atoms with Gasteiger partial charge in [0.05, 0.1) is 24.2 Å². The van der Waals surface area contributed by atoms with E-state index >= 15 is 0 Å². The minimum Gasteiger partial charge on any atom is -0.494 e. The van der Waals surface area contributed by atoms with Crippen molar-refractivity contribution in [3.05, 3.63) is 23.5 Å². The van der Waals surface area contributed by atoms with Crippen molar-refractivity contribution in [2.75, 3.05) is 18.7 Å². The summed E-state index contributed by atoms with van der Waals surface area (Å²) in [4.78, 5) is 11.1. The number of nitrogens with two attached hydrogens (primary N) is 1. The highest BCUT2D eigenvalue weighted by molar-refractivity contribution is 6.30. The maximum absolute atomic E-state index is 13.2. The molecule has 0 atom stereocenters. The van der Waals surface area contributed by atoms with E-state index in [4.69, 9.17) is 22.1 Å². The van der Waals surface area contributed by atoms with Crippen LogP contribution in [0.5, 0.6) is 5.75 Å². The summed E-state index contributed by atoms with van der Waals surface area (Å²) in [6.07, 6.45) is 0. The summed E-state index contributed by atoms with van der Waals surface area (Å²) >= 11 is 5.30. The van der Waals surface area contributed by atoms with Crippen LogP contribution in [-0.2, 0) is 0 Å². The van der Waals surface area contributed by atoms with Crippen molar-refractivity contribution in [3.63, 3.8) is 0 Å². The van der Waals surface area contributed by atoms with Gasteiger partial charge >= 0.3 is 0 Å². The van der Waals surface area contributed by atoms with Crippen molar-refractivity contribution in [1.29, 1.82) is 0 Å². The number of halogens is 2. The molecule has 0 bridgehead atoms. The molecular formula is C9H9ClFNO2. The summed E-state index contributed by atoms with van der Waals surface area (Å²) in [6, 6.07) is 2.29. The molecule has 0 unspecified atom stereocenters. The molecule has 0 spiro atoms. The molecule has 0 aliphatic carbocycles. The first kappa shape index (κ1) is 10.8. The topological polar surface area (TPSA) is 52.3 Å². The van der Waals surface area contributed by atoms with Crippen molar-refractivity contribution < 1.29 is 13.9 Å². The second-order valence-electron chi connectivity index (χ2n) is 2.63. The number of benzene rings is 1. The van der Waals surface area contributed by atoms with Crippen LogP contribution >= 0.6 is 11.6 Å². The quantitative estimate of drug-likeness (QED) is 0.478. The maximum Gasteiger partial charge on any atom is 0.180 e. The lowest BCUT2D eigenvalue weighted by Crippen LogP contribution is -2.06. The Labute approximate surface area is 85.6 Å². The minimum absolute atomic E-state index is 0.113. The first-order chi connectivity index (χ1) is 6.60. The number of hydrogen-bond acceptors (Lipinski definition) is 3. The average molecular weight is 218 g/mol. The third-order valence-electron chi connectivity index (χ3n) is 1.74. The molecular weight excluding hydrogens is 209 g/mol. The van der Waals surface area contributed by atoms with Crippen molar-refractivity contribution in [2.24, 2.45) is 0 Å². The molecule has 0 aliphatic rings. The Balaban J connectivity index is 3.21. The van der Waals surface area contributed by atoms with Crippen LogP contribution in [0, 0.1) is 5.82 Å². The number of nitrogen functional groups attached to an aromatic ring is 1. The monoisotopic (exact) mass is 217 g/mol. The van der Waals surface area contributed by atoms with Crippen LogP contribution in [0.25, 0.3) is 0 Å². The lowest BCUT2D eigenvalue weighted by molar-refractivity contribution is 0.101. The number of anilines is 1.